The van der Waals surface area contributed by atoms with Gasteiger partial charge in [-0.05, 0) is 28.8 Å². The summed E-state index contributed by atoms with van der Waals surface area (Å²) in [4.78, 5) is 2.27. The van der Waals surface area contributed by atoms with Crippen LogP contribution in [0.2, 0.25) is 0 Å². The van der Waals surface area contributed by atoms with E-state index < -0.39 is 0 Å². The average Bonchev–Trinajstić information content (AvgIpc) is 2.57. The average molecular weight is 273 g/mol. The second-order valence-corrected chi connectivity index (χ2v) is 5.25. The fraction of sp³-hybridized carbons (Fsp3) is 0.100. The molecule has 1 heteroatoms. The van der Waals surface area contributed by atoms with Crippen LogP contribution in [-0.2, 0) is 6.54 Å². The smallest absolute Gasteiger partial charge is 0.0426 e. The van der Waals surface area contributed by atoms with Gasteiger partial charge in [-0.15, -0.1) is 0 Å². The van der Waals surface area contributed by atoms with Gasteiger partial charge < -0.3 is 4.90 Å². The predicted molar refractivity (Wildman–Crippen MR) is 90.4 cm³/mol. The van der Waals surface area contributed by atoms with Gasteiger partial charge in [0.25, 0.3) is 0 Å². The van der Waals surface area contributed by atoms with E-state index >= 15 is 0 Å². The highest BCUT2D eigenvalue weighted by molar-refractivity contribution is 5.66. The van der Waals surface area contributed by atoms with Gasteiger partial charge in [-0.25, -0.2) is 0 Å². The van der Waals surface area contributed by atoms with E-state index in [1.165, 1.54) is 22.4 Å². The van der Waals surface area contributed by atoms with Gasteiger partial charge >= 0.3 is 0 Å². The van der Waals surface area contributed by atoms with Gasteiger partial charge in [0.1, 0.15) is 0 Å². The number of benzene rings is 3. The van der Waals surface area contributed by atoms with Crippen LogP contribution in [0.4, 0.5) is 5.69 Å². The summed E-state index contributed by atoms with van der Waals surface area (Å²) in [5.41, 5.74) is 5.08. The summed E-state index contributed by atoms with van der Waals surface area (Å²) in [5, 5.41) is 0. The number of anilines is 1. The molecule has 0 aliphatic heterocycles. The van der Waals surface area contributed by atoms with Crippen LogP contribution in [0.5, 0.6) is 0 Å². The van der Waals surface area contributed by atoms with Crippen molar-refractivity contribution in [3.05, 3.63) is 90.5 Å². The van der Waals surface area contributed by atoms with Gasteiger partial charge in [0.15, 0.2) is 0 Å². The molecule has 0 aromatic heterocycles. The molecule has 3 aromatic rings. The molecule has 0 aliphatic carbocycles. The van der Waals surface area contributed by atoms with E-state index in [0.717, 1.165) is 6.54 Å². The van der Waals surface area contributed by atoms with Gasteiger partial charge in [-0.2, -0.15) is 0 Å². The van der Waals surface area contributed by atoms with Crippen LogP contribution in [0.3, 0.4) is 0 Å². The van der Waals surface area contributed by atoms with Crippen LogP contribution >= 0.6 is 0 Å². The third-order valence-corrected chi connectivity index (χ3v) is 3.68. The first-order chi connectivity index (χ1) is 10.3. The van der Waals surface area contributed by atoms with E-state index in [9.17, 15) is 0 Å². The van der Waals surface area contributed by atoms with Crippen molar-refractivity contribution >= 4 is 5.69 Å². The number of nitrogens with zero attached hydrogens (tertiary/aromatic N) is 1. The molecule has 3 aromatic carbocycles. The zero-order chi connectivity index (χ0) is 14.5. The maximum absolute atomic E-state index is 2.27. The molecule has 0 N–H and O–H groups in total. The molecular formula is C20H19N. The molecule has 0 saturated carbocycles. The number of rotatable bonds is 4. The van der Waals surface area contributed by atoms with Gasteiger partial charge in [-0.1, -0.05) is 72.8 Å². The minimum absolute atomic E-state index is 0.922. The topological polar surface area (TPSA) is 3.24 Å². The molecule has 0 unspecified atom stereocenters. The number of hydrogen-bond donors (Lipinski definition) is 0. The van der Waals surface area contributed by atoms with Crippen molar-refractivity contribution < 1.29 is 0 Å². The van der Waals surface area contributed by atoms with E-state index in [1.807, 2.05) is 6.07 Å². The fourth-order valence-electron chi connectivity index (χ4n) is 2.49. The second kappa shape index (κ2) is 6.27. The molecule has 0 heterocycles. The lowest BCUT2D eigenvalue weighted by Gasteiger charge is -2.19. The summed E-state index contributed by atoms with van der Waals surface area (Å²) >= 11 is 0. The molecule has 3 rings (SSSR count). The van der Waals surface area contributed by atoms with Crippen molar-refractivity contribution in [1.29, 1.82) is 0 Å². The quantitative estimate of drug-likeness (QED) is 0.647. The summed E-state index contributed by atoms with van der Waals surface area (Å²) in [6.07, 6.45) is 0. The van der Waals surface area contributed by atoms with Crippen LogP contribution in [-0.4, -0.2) is 7.05 Å². The minimum Gasteiger partial charge on any atom is -0.370 e. The standard InChI is InChI=1S/C20H19N/c1-21(16-17-8-4-2-5-9-17)20-14-12-19(13-15-20)18-10-6-3-7-11-18/h2-15H,16H2,1H3. The first-order valence-corrected chi connectivity index (χ1v) is 7.23. The second-order valence-electron chi connectivity index (χ2n) is 5.25. The van der Waals surface area contributed by atoms with Crippen LogP contribution in [0, 0.1) is 0 Å². The van der Waals surface area contributed by atoms with E-state index in [0.29, 0.717) is 0 Å². The van der Waals surface area contributed by atoms with Gasteiger partial charge in [0.05, 0.1) is 0 Å². The van der Waals surface area contributed by atoms with Crippen molar-refractivity contribution in [2.75, 3.05) is 11.9 Å². The highest BCUT2D eigenvalue weighted by atomic mass is 15.1. The molecule has 0 radical (unpaired) electrons. The Bertz CT molecular complexity index is 672. The fourth-order valence-corrected chi connectivity index (χ4v) is 2.49. The molecule has 104 valence electrons. The maximum atomic E-state index is 2.27. The first-order valence-electron chi connectivity index (χ1n) is 7.23. The Kier molecular flexibility index (Phi) is 4.02. The molecule has 21 heavy (non-hydrogen) atoms. The lowest BCUT2D eigenvalue weighted by Crippen LogP contribution is -2.15. The molecule has 0 saturated heterocycles. The van der Waals surface area contributed by atoms with Crippen molar-refractivity contribution in [3.63, 3.8) is 0 Å². The largest absolute Gasteiger partial charge is 0.370 e. The summed E-state index contributed by atoms with van der Waals surface area (Å²) < 4.78 is 0. The van der Waals surface area contributed by atoms with Gasteiger partial charge in [0.2, 0.25) is 0 Å². The predicted octanol–water partition coefficient (Wildman–Crippen LogP) is 4.99. The van der Waals surface area contributed by atoms with E-state index in [-0.39, 0.29) is 0 Å². The Hall–Kier alpha value is -2.54. The Labute approximate surface area is 126 Å². The molecular weight excluding hydrogens is 254 g/mol. The Balaban J connectivity index is 1.75. The summed E-state index contributed by atoms with van der Waals surface area (Å²) in [6.45, 7) is 0.922. The lowest BCUT2D eigenvalue weighted by molar-refractivity contribution is 0.923. The highest BCUT2D eigenvalue weighted by Gasteiger charge is 2.03. The third-order valence-electron chi connectivity index (χ3n) is 3.68. The monoisotopic (exact) mass is 273 g/mol. The zero-order valence-corrected chi connectivity index (χ0v) is 12.2. The SMILES string of the molecule is CN(Cc1ccccc1)c1ccc(-c2ccccc2)cc1. The molecule has 0 spiro atoms. The van der Waals surface area contributed by atoms with Crippen molar-refractivity contribution in [2.24, 2.45) is 0 Å². The molecule has 0 amide bonds. The molecule has 0 atom stereocenters. The number of hydrogen-bond acceptors (Lipinski definition) is 1. The molecule has 0 fully saturated rings. The molecule has 0 bridgehead atoms. The molecule has 1 nitrogen and oxygen atoms in total. The van der Waals surface area contributed by atoms with E-state index in [4.69, 9.17) is 0 Å². The van der Waals surface area contributed by atoms with Crippen LogP contribution in [0.25, 0.3) is 11.1 Å². The van der Waals surface area contributed by atoms with Crippen LogP contribution in [0.1, 0.15) is 5.56 Å². The Morgan fingerprint density at radius 3 is 1.76 bits per heavy atom. The van der Waals surface area contributed by atoms with E-state index in [2.05, 4.69) is 90.8 Å². The summed E-state index contributed by atoms with van der Waals surface area (Å²) in [5.74, 6) is 0. The van der Waals surface area contributed by atoms with Crippen molar-refractivity contribution in [3.8, 4) is 11.1 Å². The van der Waals surface area contributed by atoms with E-state index in [1.54, 1.807) is 0 Å². The highest BCUT2D eigenvalue weighted by Crippen LogP contribution is 2.23. The zero-order valence-electron chi connectivity index (χ0n) is 12.2. The normalized spacial score (nSPS) is 10.3. The van der Waals surface area contributed by atoms with Crippen molar-refractivity contribution in [1.82, 2.24) is 0 Å². The van der Waals surface area contributed by atoms with Gasteiger partial charge in [0, 0.05) is 19.3 Å². The first kappa shape index (κ1) is 13.4. The molecule has 0 aliphatic rings. The lowest BCUT2D eigenvalue weighted by atomic mass is 10.1. The summed E-state index contributed by atoms with van der Waals surface area (Å²) in [7, 11) is 2.13. The minimum atomic E-state index is 0.922. The van der Waals surface area contributed by atoms with Crippen LogP contribution < -0.4 is 4.90 Å². The Morgan fingerprint density at radius 2 is 1.14 bits per heavy atom. The maximum Gasteiger partial charge on any atom is 0.0426 e. The summed E-state index contributed by atoms with van der Waals surface area (Å²) in [6, 6.07) is 29.8. The third kappa shape index (κ3) is 3.32. The van der Waals surface area contributed by atoms with Crippen LogP contribution in [0.15, 0.2) is 84.9 Å². The Morgan fingerprint density at radius 1 is 0.619 bits per heavy atom. The van der Waals surface area contributed by atoms with Crippen molar-refractivity contribution in [2.45, 2.75) is 6.54 Å². The van der Waals surface area contributed by atoms with Gasteiger partial charge in [-0.3, -0.25) is 0 Å².